The van der Waals surface area contributed by atoms with Crippen molar-refractivity contribution in [3.05, 3.63) is 72.7 Å². The largest absolute Gasteiger partial charge is 0.385 e. The van der Waals surface area contributed by atoms with E-state index in [1.54, 1.807) is 48.7 Å². The van der Waals surface area contributed by atoms with Crippen molar-refractivity contribution in [2.24, 2.45) is 0 Å². The molecule has 1 aliphatic carbocycles. The van der Waals surface area contributed by atoms with E-state index in [1.165, 1.54) is 0 Å². The average Bonchev–Trinajstić information content (AvgIpc) is 3.39. The zero-order valence-corrected chi connectivity index (χ0v) is 25.5. The molecule has 2 N–H and O–H groups in total. The smallest absolute Gasteiger partial charge is 0.275 e. The molecule has 2 fully saturated rings. The van der Waals surface area contributed by atoms with E-state index >= 15 is 0 Å². The molecular weight excluding hydrogens is 587 g/mol. The van der Waals surface area contributed by atoms with Gasteiger partial charge in [0, 0.05) is 32.3 Å². The van der Waals surface area contributed by atoms with Gasteiger partial charge in [0.15, 0.2) is 15.5 Å². The first-order valence-corrected chi connectivity index (χ1v) is 15.1. The van der Waals surface area contributed by atoms with Crippen LogP contribution in [0.25, 0.3) is 11.3 Å². The van der Waals surface area contributed by atoms with Crippen LogP contribution in [0.3, 0.4) is 0 Å². The number of nitrogens with one attached hydrogen (secondary N) is 1. The van der Waals surface area contributed by atoms with Crippen LogP contribution in [0.2, 0.25) is 0 Å². The standard InChI is InChI=1S/C29H36N4O5S.2ClH/c1-38-20-29(35)15-9-8-14-25(29)33-21-31-26(27(33)22-10-4-2-5-11-22)28(34)32-17-16-30-18-23(32)19-39(36,37)24-12-6-3-7-13-24;;/h2-7,10-13,21,23,25,30,35H,8-9,14-20H2,1H3;2*1H/t23-,25+,29+;;/m0../s1. The molecule has 0 unspecified atom stereocenters. The molecule has 1 amide bonds. The fourth-order valence-corrected chi connectivity index (χ4v) is 7.52. The zero-order chi connectivity index (χ0) is 27.5. The summed E-state index contributed by atoms with van der Waals surface area (Å²) < 4.78 is 33.8. The minimum absolute atomic E-state index is 0. The van der Waals surface area contributed by atoms with E-state index in [2.05, 4.69) is 10.3 Å². The highest BCUT2D eigenvalue weighted by molar-refractivity contribution is 7.91. The number of hydrogen-bond acceptors (Lipinski definition) is 7. The highest BCUT2D eigenvalue weighted by Gasteiger charge is 2.42. The minimum Gasteiger partial charge on any atom is -0.385 e. The van der Waals surface area contributed by atoms with Gasteiger partial charge in [-0.25, -0.2) is 13.4 Å². The lowest BCUT2D eigenvalue weighted by Crippen LogP contribution is -2.56. The molecule has 0 spiro atoms. The fourth-order valence-electron chi connectivity index (χ4n) is 5.95. The Bertz CT molecular complexity index is 1390. The Hall–Kier alpha value is -2.47. The van der Waals surface area contributed by atoms with Gasteiger partial charge < -0.3 is 24.6 Å². The Labute approximate surface area is 254 Å². The molecule has 0 radical (unpaired) electrons. The Morgan fingerprint density at radius 2 is 1.78 bits per heavy atom. The minimum atomic E-state index is -3.61. The number of piperazine rings is 1. The first-order valence-electron chi connectivity index (χ1n) is 13.5. The van der Waals surface area contributed by atoms with Gasteiger partial charge in [0.2, 0.25) is 0 Å². The second kappa shape index (κ2) is 14.1. The number of carbonyl (C=O) groups is 1. The first-order chi connectivity index (χ1) is 18.8. The lowest BCUT2D eigenvalue weighted by molar-refractivity contribution is -0.0893. The summed E-state index contributed by atoms with van der Waals surface area (Å²) in [4.78, 5) is 20.6. The summed E-state index contributed by atoms with van der Waals surface area (Å²) in [5, 5.41) is 14.8. The molecule has 3 atom stereocenters. The summed E-state index contributed by atoms with van der Waals surface area (Å²) in [5.41, 5.74) is 0.617. The third-order valence-corrected chi connectivity index (χ3v) is 9.67. The molecule has 1 aromatic heterocycles. The number of carbonyl (C=O) groups excluding carboxylic acids is 1. The summed E-state index contributed by atoms with van der Waals surface area (Å²) in [6.07, 6.45) is 4.82. The van der Waals surface area contributed by atoms with E-state index < -0.39 is 21.5 Å². The molecular formula is C29H38Cl2N4O5S. The number of hydrogen-bond donors (Lipinski definition) is 2. The van der Waals surface area contributed by atoms with Crippen molar-refractivity contribution >= 4 is 40.6 Å². The van der Waals surface area contributed by atoms with E-state index in [-0.39, 0.29) is 59.7 Å². The van der Waals surface area contributed by atoms with Gasteiger partial charge >= 0.3 is 0 Å². The molecule has 0 bridgehead atoms. The summed E-state index contributed by atoms with van der Waals surface area (Å²) >= 11 is 0. The van der Waals surface area contributed by atoms with Gasteiger partial charge in [0.25, 0.3) is 5.91 Å². The monoisotopic (exact) mass is 624 g/mol. The van der Waals surface area contributed by atoms with Gasteiger partial charge in [-0.05, 0) is 25.0 Å². The number of halogens is 2. The van der Waals surface area contributed by atoms with Crippen molar-refractivity contribution in [2.45, 2.75) is 48.3 Å². The molecule has 1 saturated heterocycles. The number of aromatic nitrogens is 2. The molecule has 3 aromatic rings. The van der Waals surface area contributed by atoms with Crippen LogP contribution in [-0.4, -0.2) is 84.6 Å². The second-order valence-corrected chi connectivity index (χ2v) is 12.5. The highest BCUT2D eigenvalue weighted by Crippen LogP contribution is 2.41. The lowest BCUT2D eigenvalue weighted by Gasteiger charge is -2.41. The van der Waals surface area contributed by atoms with Gasteiger partial charge in [-0.2, -0.15) is 0 Å². The number of rotatable bonds is 8. The summed E-state index contributed by atoms with van der Waals surface area (Å²) in [5.74, 6) is -0.499. The molecule has 9 nitrogen and oxygen atoms in total. The quantitative estimate of drug-likeness (QED) is 0.392. The number of imidazole rings is 1. The summed E-state index contributed by atoms with van der Waals surface area (Å²) in [6.45, 7) is 1.48. The topological polar surface area (TPSA) is 114 Å². The van der Waals surface area contributed by atoms with Crippen LogP contribution >= 0.6 is 24.8 Å². The molecule has 2 aromatic carbocycles. The van der Waals surface area contributed by atoms with Gasteiger partial charge in [0.1, 0.15) is 5.60 Å². The third kappa shape index (κ3) is 6.96. The number of methoxy groups -OCH3 is 1. The van der Waals surface area contributed by atoms with Crippen LogP contribution in [0.15, 0.2) is 71.9 Å². The SMILES string of the molecule is COC[C@]1(O)CCCC[C@H]1n1cnc(C(=O)N2CCNC[C@H]2CS(=O)(=O)c2ccccc2)c1-c1ccccc1.Cl.Cl. The van der Waals surface area contributed by atoms with Crippen LogP contribution in [0.1, 0.15) is 42.2 Å². The predicted octanol–water partition coefficient (Wildman–Crippen LogP) is 3.77. The maximum absolute atomic E-state index is 14.2. The Kier molecular flexibility index (Phi) is 11.4. The lowest BCUT2D eigenvalue weighted by atomic mass is 9.80. The molecule has 5 rings (SSSR count). The van der Waals surface area contributed by atoms with Crippen molar-refractivity contribution in [2.75, 3.05) is 39.1 Å². The van der Waals surface area contributed by atoms with Crippen LogP contribution in [0.5, 0.6) is 0 Å². The molecule has 41 heavy (non-hydrogen) atoms. The molecule has 1 saturated carbocycles. The van der Waals surface area contributed by atoms with E-state index in [1.807, 2.05) is 34.9 Å². The third-order valence-electron chi connectivity index (χ3n) is 7.86. The number of nitrogens with zero attached hydrogens (tertiary/aromatic N) is 3. The van der Waals surface area contributed by atoms with Crippen LogP contribution in [-0.2, 0) is 14.6 Å². The molecule has 12 heteroatoms. The van der Waals surface area contributed by atoms with E-state index in [0.717, 1.165) is 24.8 Å². The summed E-state index contributed by atoms with van der Waals surface area (Å²) in [6, 6.07) is 17.1. The maximum Gasteiger partial charge on any atom is 0.275 e. The number of amides is 1. The number of ether oxygens (including phenoxy) is 1. The molecule has 224 valence electrons. The van der Waals surface area contributed by atoms with Crippen LogP contribution in [0.4, 0.5) is 0 Å². The van der Waals surface area contributed by atoms with Crippen LogP contribution in [0, 0.1) is 0 Å². The van der Waals surface area contributed by atoms with Gasteiger partial charge in [0.05, 0.1) is 41.4 Å². The van der Waals surface area contributed by atoms with E-state index in [0.29, 0.717) is 31.7 Å². The number of aliphatic hydroxyl groups is 1. The van der Waals surface area contributed by atoms with Gasteiger partial charge in [-0.3, -0.25) is 4.79 Å². The highest BCUT2D eigenvalue weighted by atomic mass is 35.5. The predicted molar refractivity (Wildman–Crippen MR) is 163 cm³/mol. The first kappa shape index (κ1) is 33.0. The zero-order valence-electron chi connectivity index (χ0n) is 23.0. The Morgan fingerprint density at radius 3 is 2.46 bits per heavy atom. The van der Waals surface area contributed by atoms with E-state index in [4.69, 9.17) is 4.74 Å². The average molecular weight is 626 g/mol. The summed E-state index contributed by atoms with van der Waals surface area (Å²) in [7, 11) is -2.03. The molecule has 2 heterocycles. The molecule has 1 aliphatic heterocycles. The van der Waals surface area contributed by atoms with Crippen molar-refractivity contribution in [1.82, 2.24) is 19.8 Å². The Balaban J connectivity index is 0.00000231. The van der Waals surface area contributed by atoms with Crippen LogP contribution < -0.4 is 5.32 Å². The van der Waals surface area contributed by atoms with Crippen molar-refractivity contribution in [3.8, 4) is 11.3 Å². The molecule has 2 aliphatic rings. The van der Waals surface area contributed by atoms with Gasteiger partial charge in [-0.1, -0.05) is 61.4 Å². The van der Waals surface area contributed by atoms with Crippen molar-refractivity contribution < 1.29 is 23.1 Å². The number of sulfone groups is 1. The normalized spacial score (nSPS) is 22.8. The number of benzene rings is 2. The second-order valence-electron chi connectivity index (χ2n) is 10.5. The Morgan fingerprint density at radius 1 is 1.10 bits per heavy atom. The maximum atomic E-state index is 14.2. The fraction of sp³-hybridized carbons (Fsp3) is 0.448. The van der Waals surface area contributed by atoms with Crippen molar-refractivity contribution in [1.29, 1.82) is 0 Å². The van der Waals surface area contributed by atoms with Gasteiger partial charge in [-0.15, -0.1) is 24.8 Å². The van der Waals surface area contributed by atoms with Crippen molar-refractivity contribution in [3.63, 3.8) is 0 Å². The van der Waals surface area contributed by atoms with E-state index in [9.17, 15) is 18.3 Å².